The summed E-state index contributed by atoms with van der Waals surface area (Å²) in [5.74, 6) is 0.406. The van der Waals surface area contributed by atoms with Crippen LogP contribution in [0.1, 0.15) is 0 Å². The summed E-state index contributed by atoms with van der Waals surface area (Å²) >= 11 is 0. The third-order valence-corrected chi connectivity index (χ3v) is 5.28. The molecule has 1 aliphatic heterocycles. The van der Waals surface area contributed by atoms with Gasteiger partial charge in [-0.15, -0.1) is 0 Å². The van der Waals surface area contributed by atoms with Crippen LogP contribution in [0, 0.1) is 0 Å². The molecular formula is C13H18N2O5S. The molecule has 8 heteroatoms. The highest BCUT2D eigenvalue weighted by molar-refractivity contribution is 7.89. The van der Waals surface area contributed by atoms with Gasteiger partial charge in [0.1, 0.15) is 16.4 Å². The summed E-state index contributed by atoms with van der Waals surface area (Å²) in [6, 6.07) is 4.55. The van der Waals surface area contributed by atoms with Crippen molar-refractivity contribution in [3.05, 3.63) is 18.2 Å². The lowest BCUT2D eigenvalue weighted by atomic mass is 10.3. The monoisotopic (exact) mass is 314 g/mol. The predicted molar refractivity (Wildman–Crippen MR) is 75.9 cm³/mol. The molecule has 0 aromatic heterocycles. The zero-order chi connectivity index (χ0) is 15.6. The minimum absolute atomic E-state index is 0.00158. The van der Waals surface area contributed by atoms with Crippen LogP contribution >= 0.6 is 0 Å². The maximum Gasteiger partial charge on any atom is 0.247 e. The Labute approximate surface area is 124 Å². The Morgan fingerprint density at radius 2 is 1.86 bits per heavy atom. The van der Waals surface area contributed by atoms with Gasteiger partial charge in [-0.3, -0.25) is 4.79 Å². The van der Waals surface area contributed by atoms with Crippen LogP contribution in [0.25, 0.3) is 0 Å². The summed E-state index contributed by atoms with van der Waals surface area (Å²) in [5.41, 5.74) is 0. The van der Waals surface area contributed by atoms with Gasteiger partial charge in [0.25, 0.3) is 0 Å². The van der Waals surface area contributed by atoms with Crippen molar-refractivity contribution < 1.29 is 22.7 Å². The SMILES string of the molecule is COc1ccc(OC)c(S(=O)(=O)N2CCN(C)C(=O)C2)c1. The summed E-state index contributed by atoms with van der Waals surface area (Å²) in [4.78, 5) is 13.2. The van der Waals surface area contributed by atoms with Crippen LogP contribution in [-0.2, 0) is 14.8 Å². The van der Waals surface area contributed by atoms with Gasteiger partial charge in [0, 0.05) is 26.2 Å². The quantitative estimate of drug-likeness (QED) is 0.792. The fourth-order valence-corrected chi connectivity index (χ4v) is 3.62. The van der Waals surface area contributed by atoms with Crippen molar-refractivity contribution in [2.24, 2.45) is 0 Å². The number of sulfonamides is 1. The van der Waals surface area contributed by atoms with Gasteiger partial charge in [-0.2, -0.15) is 4.31 Å². The number of carbonyl (C=O) groups excluding carboxylic acids is 1. The third kappa shape index (κ3) is 2.96. The van der Waals surface area contributed by atoms with Gasteiger partial charge in [-0.25, -0.2) is 8.42 Å². The normalized spacial score (nSPS) is 16.9. The van der Waals surface area contributed by atoms with Gasteiger partial charge in [0.15, 0.2) is 0 Å². The van der Waals surface area contributed by atoms with E-state index in [1.165, 1.54) is 31.3 Å². The highest BCUT2D eigenvalue weighted by Gasteiger charge is 2.33. The molecule has 7 nitrogen and oxygen atoms in total. The van der Waals surface area contributed by atoms with Crippen LogP contribution in [0.5, 0.6) is 11.5 Å². The molecule has 1 aliphatic rings. The molecule has 0 unspecified atom stereocenters. The smallest absolute Gasteiger partial charge is 0.247 e. The minimum atomic E-state index is -3.81. The molecule has 1 amide bonds. The Hall–Kier alpha value is -1.80. The van der Waals surface area contributed by atoms with Crippen LogP contribution in [0.15, 0.2) is 23.1 Å². The van der Waals surface area contributed by atoms with E-state index in [-0.39, 0.29) is 29.6 Å². The first-order valence-corrected chi connectivity index (χ1v) is 7.80. The zero-order valence-corrected chi connectivity index (χ0v) is 13.0. The maximum absolute atomic E-state index is 12.7. The molecular weight excluding hydrogens is 296 g/mol. The first-order valence-electron chi connectivity index (χ1n) is 6.36. The van der Waals surface area contributed by atoms with Crippen molar-refractivity contribution in [1.29, 1.82) is 0 Å². The van der Waals surface area contributed by atoms with E-state index >= 15 is 0 Å². The van der Waals surface area contributed by atoms with Gasteiger partial charge >= 0.3 is 0 Å². The van der Waals surface area contributed by atoms with Crippen LogP contribution in [-0.4, -0.2) is 64.4 Å². The number of hydrogen-bond acceptors (Lipinski definition) is 5. The molecule has 1 fully saturated rings. The van der Waals surface area contributed by atoms with E-state index in [4.69, 9.17) is 9.47 Å². The molecule has 1 aromatic carbocycles. The summed E-state index contributed by atoms with van der Waals surface area (Å²) in [7, 11) is 0.693. The number of nitrogens with zero attached hydrogens (tertiary/aromatic N) is 2. The molecule has 1 aromatic rings. The van der Waals surface area contributed by atoms with Gasteiger partial charge < -0.3 is 14.4 Å². The Balaban J connectivity index is 2.41. The number of methoxy groups -OCH3 is 2. The zero-order valence-electron chi connectivity index (χ0n) is 12.2. The van der Waals surface area contributed by atoms with Crippen LogP contribution in [0.4, 0.5) is 0 Å². The number of benzene rings is 1. The van der Waals surface area contributed by atoms with Crippen molar-refractivity contribution in [1.82, 2.24) is 9.21 Å². The molecule has 0 bridgehead atoms. The molecule has 21 heavy (non-hydrogen) atoms. The predicted octanol–water partition coefficient (Wildman–Crippen LogP) is 0.167. The molecule has 0 radical (unpaired) electrons. The van der Waals surface area contributed by atoms with Crippen LogP contribution < -0.4 is 9.47 Å². The molecule has 1 heterocycles. The van der Waals surface area contributed by atoms with Gasteiger partial charge in [-0.05, 0) is 12.1 Å². The summed E-state index contributed by atoms with van der Waals surface area (Å²) in [5, 5.41) is 0. The number of amides is 1. The Bertz CT molecular complexity index is 644. The van der Waals surface area contributed by atoms with Crippen molar-refractivity contribution in [2.75, 3.05) is 40.9 Å². The Morgan fingerprint density at radius 1 is 1.14 bits per heavy atom. The minimum Gasteiger partial charge on any atom is -0.497 e. The van der Waals surface area contributed by atoms with E-state index < -0.39 is 10.0 Å². The van der Waals surface area contributed by atoms with Crippen molar-refractivity contribution in [3.63, 3.8) is 0 Å². The first-order chi connectivity index (χ1) is 9.90. The fraction of sp³-hybridized carbons (Fsp3) is 0.462. The molecule has 0 N–H and O–H groups in total. The number of likely N-dealkylation sites (N-methyl/N-ethyl adjacent to an activating group) is 1. The first kappa shape index (κ1) is 15.6. The Kier molecular flexibility index (Phi) is 4.38. The standard InChI is InChI=1S/C13H18N2O5S/c1-14-6-7-15(9-13(14)16)21(17,18)12-8-10(19-2)4-5-11(12)20-3/h4-5,8H,6-7,9H2,1-3H3. The molecule has 0 saturated carbocycles. The molecule has 0 aliphatic carbocycles. The van der Waals surface area contributed by atoms with Gasteiger partial charge in [0.2, 0.25) is 15.9 Å². The lowest BCUT2D eigenvalue weighted by Crippen LogP contribution is -2.50. The molecule has 2 rings (SSSR count). The van der Waals surface area contributed by atoms with E-state index in [1.807, 2.05) is 0 Å². The van der Waals surface area contributed by atoms with E-state index in [1.54, 1.807) is 13.1 Å². The molecule has 1 saturated heterocycles. The fourth-order valence-electron chi connectivity index (χ4n) is 2.07. The van der Waals surface area contributed by atoms with E-state index in [0.29, 0.717) is 12.3 Å². The second-order valence-electron chi connectivity index (χ2n) is 4.67. The van der Waals surface area contributed by atoms with E-state index in [2.05, 4.69) is 0 Å². The highest BCUT2D eigenvalue weighted by atomic mass is 32.2. The lowest BCUT2D eigenvalue weighted by molar-refractivity contribution is -0.132. The molecule has 0 atom stereocenters. The number of piperazine rings is 1. The average molecular weight is 314 g/mol. The van der Waals surface area contributed by atoms with E-state index in [0.717, 1.165) is 4.31 Å². The number of rotatable bonds is 4. The van der Waals surface area contributed by atoms with Crippen LogP contribution in [0.2, 0.25) is 0 Å². The second-order valence-corrected chi connectivity index (χ2v) is 6.58. The maximum atomic E-state index is 12.7. The summed E-state index contributed by atoms with van der Waals surface area (Å²) in [6.07, 6.45) is 0. The van der Waals surface area contributed by atoms with E-state index in [9.17, 15) is 13.2 Å². The summed E-state index contributed by atoms with van der Waals surface area (Å²) < 4.78 is 36.7. The van der Waals surface area contributed by atoms with Crippen LogP contribution in [0.3, 0.4) is 0 Å². The average Bonchev–Trinajstić information content (AvgIpc) is 2.49. The molecule has 0 spiro atoms. The van der Waals surface area contributed by atoms with Crippen molar-refractivity contribution in [3.8, 4) is 11.5 Å². The lowest BCUT2D eigenvalue weighted by Gasteiger charge is -2.31. The molecule has 116 valence electrons. The number of carbonyl (C=O) groups is 1. The van der Waals surface area contributed by atoms with Gasteiger partial charge in [-0.1, -0.05) is 0 Å². The third-order valence-electron chi connectivity index (χ3n) is 3.41. The number of ether oxygens (including phenoxy) is 2. The van der Waals surface area contributed by atoms with Crippen molar-refractivity contribution in [2.45, 2.75) is 4.90 Å². The largest absolute Gasteiger partial charge is 0.497 e. The van der Waals surface area contributed by atoms with Gasteiger partial charge in [0.05, 0.1) is 20.8 Å². The highest BCUT2D eigenvalue weighted by Crippen LogP contribution is 2.30. The van der Waals surface area contributed by atoms with Crippen molar-refractivity contribution >= 4 is 15.9 Å². The topological polar surface area (TPSA) is 76.2 Å². The number of hydrogen-bond donors (Lipinski definition) is 0. The second kappa shape index (κ2) is 5.90. The summed E-state index contributed by atoms with van der Waals surface area (Å²) in [6.45, 7) is 0.453. The Morgan fingerprint density at radius 3 is 2.43 bits per heavy atom.